The fourth-order valence-corrected chi connectivity index (χ4v) is 8.82. The number of unbranched alkanes of at least 4 members (excludes halogenated alkanes) is 1. The third-order valence-corrected chi connectivity index (χ3v) is 13.5. The molecule has 3 aromatic rings. The summed E-state index contributed by atoms with van der Waals surface area (Å²) < 4.78 is 24.5. The fourth-order valence-electron chi connectivity index (χ4n) is 8.82. The summed E-state index contributed by atoms with van der Waals surface area (Å²) in [5, 5.41) is 0. The van der Waals surface area contributed by atoms with E-state index in [1.165, 1.54) is 38.0 Å². The van der Waals surface area contributed by atoms with Crippen LogP contribution in [0.4, 0.5) is 0 Å². The number of rotatable bonds is 14. The quantitative estimate of drug-likeness (QED) is 0.121. The molecule has 0 spiro atoms. The number of hydrogen-bond donors (Lipinski definition) is 0. The van der Waals surface area contributed by atoms with E-state index in [1.807, 2.05) is 20.8 Å². The number of likely N-dealkylation sites (N-methyl/N-ethyl adjacent to an activating group) is 4. The molecule has 3 aromatic carbocycles. The third kappa shape index (κ3) is 16.2. The van der Waals surface area contributed by atoms with Crippen LogP contribution in [-0.2, 0) is 76.6 Å². The van der Waals surface area contributed by atoms with Crippen molar-refractivity contribution in [2.45, 2.75) is 156 Å². The molecule has 74 heavy (non-hydrogen) atoms. The molecule has 0 aromatic heterocycles. The van der Waals surface area contributed by atoms with Gasteiger partial charge in [0.15, 0.2) is 24.4 Å². The van der Waals surface area contributed by atoms with Crippen molar-refractivity contribution in [1.29, 1.82) is 0 Å². The van der Waals surface area contributed by atoms with Gasteiger partial charge >= 0.3 is 23.9 Å². The summed E-state index contributed by atoms with van der Waals surface area (Å²) in [4.78, 5) is 123. The van der Waals surface area contributed by atoms with Crippen molar-refractivity contribution < 1.29 is 57.3 Å². The Morgan fingerprint density at radius 1 is 0.405 bits per heavy atom. The molecule has 1 aliphatic heterocycles. The molecular formula is C58H80N4O12. The summed E-state index contributed by atoms with van der Waals surface area (Å²) in [7, 11) is 5.62. The van der Waals surface area contributed by atoms with Crippen LogP contribution in [0.2, 0.25) is 0 Å². The third-order valence-electron chi connectivity index (χ3n) is 13.5. The van der Waals surface area contributed by atoms with Crippen LogP contribution in [0.1, 0.15) is 105 Å². The second-order valence-electron chi connectivity index (χ2n) is 20.9. The van der Waals surface area contributed by atoms with Gasteiger partial charge in [-0.05, 0) is 59.6 Å². The van der Waals surface area contributed by atoms with E-state index >= 15 is 0 Å². The number of carbonyl (C=O) groups excluding carboxylic acids is 8. The summed E-state index contributed by atoms with van der Waals surface area (Å²) in [6.45, 7) is 15.7. The van der Waals surface area contributed by atoms with Crippen LogP contribution < -0.4 is 0 Å². The monoisotopic (exact) mass is 1020 g/mol. The molecule has 4 rings (SSSR count). The van der Waals surface area contributed by atoms with Gasteiger partial charge in [0.25, 0.3) is 23.6 Å². The normalized spacial score (nSPS) is 24.1. The minimum Gasteiger partial charge on any atom is -0.451 e. The maximum Gasteiger partial charge on any atom is 0.329 e. The van der Waals surface area contributed by atoms with Gasteiger partial charge in [0.1, 0.15) is 24.2 Å². The zero-order valence-corrected chi connectivity index (χ0v) is 45.7. The van der Waals surface area contributed by atoms with E-state index in [0.717, 1.165) is 9.80 Å². The average molecular weight is 1030 g/mol. The SMILES string of the molecule is CCCCC1OC(=O)C(Cc2ccccc2)N(C)C(=O)C(C(C)C)OC(=O)C(Cc2ccccc2)N(C)C(=O)C(C(C)C)OC(=O)C(CC(C)C)N(C)C(=O)C(C(C)C)OC(=O)C(Cc2ccccc2)N(C)C1=O. The average Bonchev–Trinajstić information content (AvgIpc) is 3.37. The first-order chi connectivity index (χ1) is 35.0. The molecule has 4 amide bonds. The van der Waals surface area contributed by atoms with Crippen LogP contribution >= 0.6 is 0 Å². The van der Waals surface area contributed by atoms with E-state index < -0.39 is 114 Å². The standard InChI is InChI=1S/C58H80N4O12/c1-14-15-31-47-51(63)59(10)45(34-41-27-21-17-22-28-41)57(69)73-48(37(4)5)52(64)60(11)43(32-36(2)3)56(68)72-49(38(6)7)54(66)62(13)46(35-42-29-23-18-24-30-42)58(70)74-50(39(8)9)53(65)61(12)44(55(67)71-47)33-40-25-19-16-20-26-40/h16-30,36-39,43-50H,14-15,31-35H2,1-13H3. The number of amides is 4. The van der Waals surface area contributed by atoms with Crippen molar-refractivity contribution in [3.05, 3.63) is 108 Å². The number of cyclic esters (lactones) is 4. The number of ether oxygens (including phenoxy) is 4. The van der Waals surface area contributed by atoms with E-state index in [0.29, 0.717) is 29.5 Å². The van der Waals surface area contributed by atoms with Gasteiger partial charge in [-0.2, -0.15) is 0 Å². The predicted molar refractivity (Wildman–Crippen MR) is 280 cm³/mol. The van der Waals surface area contributed by atoms with Crippen LogP contribution in [0, 0.1) is 23.7 Å². The van der Waals surface area contributed by atoms with Crippen LogP contribution in [0.15, 0.2) is 91.0 Å². The first-order valence-corrected chi connectivity index (χ1v) is 26.0. The Morgan fingerprint density at radius 3 is 0.986 bits per heavy atom. The van der Waals surface area contributed by atoms with Crippen LogP contribution in [0.25, 0.3) is 0 Å². The lowest BCUT2D eigenvalue weighted by molar-refractivity contribution is -0.179. The first kappa shape index (κ1) is 60.0. The van der Waals surface area contributed by atoms with Gasteiger partial charge < -0.3 is 38.5 Å². The van der Waals surface area contributed by atoms with E-state index in [1.54, 1.807) is 133 Å². The zero-order valence-electron chi connectivity index (χ0n) is 45.7. The van der Waals surface area contributed by atoms with Crippen molar-refractivity contribution in [2.24, 2.45) is 23.7 Å². The maximum atomic E-state index is 14.9. The molecule has 1 fully saturated rings. The Morgan fingerprint density at radius 2 is 0.689 bits per heavy atom. The van der Waals surface area contributed by atoms with Gasteiger partial charge in [-0.1, -0.05) is 160 Å². The smallest absolute Gasteiger partial charge is 0.329 e. The molecule has 8 atom stereocenters. The molecule has 0 radical (unpaired) electrons. The Balaban J connectivity index is 1.95. The van der Waals surface area contributed by atoms with Gasteiger partial charge in [0.05, 0.1) is 0 Å². The molecule has 16 nitrogen and oxygen atoms in total. The summed E-state index contributed by atoms with van der Waals surface area (Å²) in [5.41, 5.74) is 2.00. The lowest BCUT2D eigenvalue weighted by atomic mass is 9.99. The second kappa shape index (κ2) is 28.2. The summed E-state index contributed by atoms with van der Waals surface area (Å²) in [6, 6.07) is 21.5. The number of hydrogen-bond acceptors (Lipinski definition) is 12. The minimum atomic E-state index is -1.47. The van der Waals surface area contributed by atoms with Crippen molar-refractivity contribution in [2.75, 3.05) is 28.2 Å². The van der Waals surface area contributed by atoms with E-state index in [9.17, 15) is 38.4 Å². The zero-order chi connectivity index (χ0) is 55.0. The highest BCUT2D eigenvalue weighted by Crippen LogP contribution is 2.25. The van der Waals surface area contributed by atoms with E-state index in [2.05, 4.69) is 0 Å². The lowest BCUT2D eigenvalue weighted by Crippen LogP contribution is -2.56. The largest absolute Gasteiger partial charge is 0.451 e. The molecule has 1 aliphatic rings. The highest BCUT2D eigenvalue weighted by molar-refractivity contribution is 5.95. The minimum absolute atomic E-state index is 0.0397. The highest BCUT2D eigenvalue weighted by atomic mass is 16.6. The fraction of sp³-hybridized carbons (Fsp3) is 0.552. The van der Waals surface area contributed by atoms with Crippen molar-refractivity contribution in [3.63, 3.8) is 0 Å². The van der Waals surface area contributed by atoms with Gasteiger partial charge in [0.2, 0.25) is 0 Å². The van der Waals surface area contributed by atoms with Crippen LogP contribution in [-0.4, -0.2) is 144 Å². The molecule has 1 heterocycles. The number of nitrogens with zero attached hydrogens (tertiary/aromatic N) is 4. The van der Waals surface area contributed by atoms with E-state index in [4.69, 9.17) is 18.9 Å². The number of benzene rings is 3. The molecule has 0 saturated carbocycles. The molecular weight excluding hydrogens is 945 g/mol. The van der Waals surface area contributed by atoms with Gasteiger partial charge in [0, 0.05) is 47.5 Å². The Labute approximate surface area is 438 Å². The molecule has 16 heteroatoms. The topological polar surface area (TPSA) is 186 Å². The molecule has 404 valence electrons. The molecule has 8 unspecified atom stereocenters. The van der Waals surface area contributed by atoms with E-state index in [-0.39, 0.29) is 38.0 Å². The Bertz CT molecular complexity index is 2340. The molecule has 0 aliphatic carbocycles. The van der Waals surface area contributed by atoms with Gasteiger partial charge in [-0.15, -0.1) is 0 Å². The Hall–Kier alpha value is -6.58. The lowest BCUT2D eigenvalue weighted by Gasteiger charge is -2.36. The summed E-state index contributed by atoms with van der Waals surface area (Å²) in [6.07, 6.45) is -4.69. The molecule has 0 bridgehead atoms. The summed E-state index contributed by atoms with van der Waals surface area (Å²) >= 11 is 0. The highest BCUT2D eigenvalue weighted by Gasteiger charge is 2.45. The predicted octanol–water partition coefficient (Wildman–Crippen LogP) is 6.89. The second-order valence-corrected chi connectivity index (χ2v) is 20.9. The van der Waals surface area contributed by atoms with Crippen LogP contribution in [0.5, 0.6) is 0 Å². The maximum absolute atomic E-state index is 14.9. The first-order valence-electron chi connectivity index (χ1n) is 26.0. The summed E-state index contributed by atoms with van der Waals surface area (Å²) in [5.74, 6) is -8.62. The van der Waals surface area contributed by atoms with Crippen molar-refractivity contribution >= 4 is 47.5 Å². The molecule has 0 N–H and O–H groups in total. The van der Waals surface area contributed by atoms with Crippen molar-refractivity contribution in [1.82, 2.24) is 19.6 Å². The Kier molecular flexibility index (Phi) is 22.8. The van der Waals surface area contributed by atoms with Crippen molar-refractivity contribution in [3.8, 4) is 0 Å². The number of esters is 4. The number of carbonyl (C=O) groups is 8. The van der Waals surface area contributed by atoms with Gasteiger partial charge in [-0.3, -0.25) is 19.2 Å². The molecule has 1 saturated heterocycles. The van der Waals surface area contributed by atoms with Crippen LogP contribution in [0.3, 0.4) is 0 Å². The van der Waals surface area contributed by atoms with Gasteiger partial charge in [-0.25, -0.2) is 19.2 Å².